The van der Waals surface area contributed by atoms with Crippen molar-refractivity contribution >= 4 is 32.5 Å². The highest BCUT2D eigenvalue weighted by atomic mass is 32.2. The van der Waals surface area contributed by atoms with Crippen LogP contribution in [0, 0.1) is 0 Å². The summed E-state index contributed by atoms with van der Waals surface area (Å²) in [5.41, 5.74) is 1.89. The summed E-state index contributed by atoms with van der Waals surface area (Å²) in [7, 11) is -3.53. The highest BCUT2D eigenvalue weighted by Gasteiger charge is 2.28. The van der Waals surface area contributed by atoms with Crippen molar-refractivity contribution in [2.24, 2.45) is 0 Å². The first kappa shape index (κ1) is 20.0. The molecule has 0 bridgehead atoms. The average molecular weight is 427 g/mol. The van der Waals surface area contributed by atoms with Crippen LogP contribution in [0.1, 0.15) is 12.0 Å². The molecule has 1 aromatic heterocycles. The second kappa shape index (κ2) is 8.23. The molecule has 1 N–H and O–H groups in total. The molecule has 4 rings (SSSR count). The molecular weight excluding hydrogens is 406 g/mol. The van der Waals surface area contributed by atoms with E-state index in [1.807, 2.05) is 18.2 Å². The lowest BCUT2D eigenvalue weighted by Crippen LogP contribution is -2.37. The lowest BCUT2D eigenvalue weighted by molar-refractivity contribution is -0.121. The van der Waals surface area contributed by atoms with Gasteiger partial charge in [0.05, 0.1) is 23.4 Å². The number of rotatable bonds is 7. The van der Waals surface area contributed by atoms with Gasteiger partial charge >= 0.3 is 0 Å². The molecule has 2 heterocycles. The van der Waals surface area contributed by atoms with E-state index in [1.54, 1.807) is 30.3 Å². The fraction of sp³-hybridized carbons (Fsp3) is 0.300. The molecule has 0 fully saturated rings. The maximum absolute atomic E-state index is 12.6. The largest absolute Gasteiger partial charge is 0.355 e. The maximum Gasteiger partial charge on any atom is 0.277 e. The summed E-state index contributed by atoms with van der Waals surface area (Å²) < 4.78 is 27.8. The number of nitrogens with one attached hydrogen (secondary N) is 1. The van der Waals surface area contributed by atoms with Gasteiger partial charge in [0.15, 0.2) is 0 Å². The highest BCUT2D eigenvalue weighted by Crippen LogP contribution is 2.29. The van der Waals surface area contributed by atoms with Crippen molar-refractivity contribution in [2.75, 3.05) is 23.1 Å². The van der Waals surface area contributed by atoms with Crippen LogP contribution in [0.15, 0.2) is 53.3 Å². The number of carbonyl (C=O) groups is 1. The fourth-order valence-electron chi connectivity index (χ4n) is 3.49. The predicted octanol–water partition coefficient (Wildman–Crippen LogP) is 0.690. The SMILES string of the molecule is O=C(CCn1nnc2ccccc2c1=O)NCCS(=O)(=O)N1CCc2ccccc21. The van der Waals surface area contributed by atoms with Crippen molar-refractivity contribution in [2.45, 2.75) is 19.4 Å². The Bertz CT molecular complexity index is 1260. The molecular formula is C20H21N5O4S. The number of benzene rings is 2. The minimum absolute atomic E-state index is 0.000474. The van der Waals surface area contributed by atoms with Gasteiger partial charge in [-0.25, -0.2) is 13.1 Å². The van der Waals surface area contributed by atoms with Crippen molar-refractivity contribution in [3.05, 3.63) is 64.4 Å². The maximum atomic E-state index is 12.6. The lowest BCUT2D eigenvalue weighted by Gasteiger charge is -2.19. The minimum Gasteiger partial charge on any atom is -0.355 e. The van der Waals surface area contributed by atoms with Crippen LogP contribution in [0.5, 0.6) is 0 Å². The Morgan fingerprint density at radius 1 is 1.10 bits per heavy atom. The van der Waals surface area contributed by atoms with Gasteiger partial charge in [-0.1, -0.05) is 35.5 Å². The van der Waals surface area contributed by atoms with Crippen LogP contribution in [0.2, 0.25) is 0 Å². The third kappa shape index (κ3) is 4.04. The number of hydrogen-bond donors (Lipinski definition) is 1. The summed E-state index contributed by atoms with van der Waals surface area (Å²) >= 11 is 0. The first-order valence-corrected chi connectivity index (χ1v) is 11.2. The summed E-state index contributed by atoms with van der Waals surface area (Å²) in [5, 5.41) is 10.9. The molecule has 30 heavy (non-hydrogen) atoms. The van der Waals surface area contributed by atoms with Crippen molar-refractivity contribution < 1.29 is 13.2 Å². The van der Waals surface area contributed by atoms with Gasteiger partial charge < -0.3 is 5.32 Å². The Hall–Kier alpha value is -3.27. The molecule has 9 nitrogen and oxygen atoms in total. The van der Waals surface area contributed by atoms with Crippen LogP contribution in [-0.4, -0.2) is 48.2 Å². The van der Waals surface area contributed by atoms with Crippen molar-refractivity contribution in [3.8, 4) is 0 Å². The summed E-state index contributed by atoms with van der Waals surface area (Å²) in [6.07, 6.45) is 0.683. The summed E-state index contributed by atoms with van der Waals surface area (Å²) in [6.45, 7) is 0.478. The zero-order valence-corrected chi connectivity index (χ0v) is 17.0. The quantitative estimate of drug-likeness (QED) is 0.593. The van der Waals surface area contributed by atoms with Gasteiger partial charge in [-0.2, -0.15) is 0 Å². The van der Waals surface area contributed by atoms with Crippen molar-refractivity contribution in [3.63, 3.8) is 0 Å². The van der Waals surface area contributed by atoms with Gasteiger partial charge in [-0.15, -0.1) is 5.10 Å². The first-order chi connectivity index (χ1) is 14.5. The van der Waals surface area contributed by atoms with Crippen molar-refractivity contribution in [1.82, 2.24) is 20.3 Å². The monoisotopic (exact) mass is 427 g/mol. The topological polar surface area (TPSA) is 114 Å². The molecule has 0 saturated heterocycles. The number of fused-ring (bicyclic) bond motifs is 2. The van der Waals surface area contributed by atoms with Gasteiger partial charge in [0.1, 0.15) is 5.52 Å². The standard InChI is InChI=1S/C20H21N5O4S/c26-19(10-12-24-20(27)16-6-2-3-7-17(16)22-23-24)21-11-14-30(28,29)25-13-9-15-5-1-4-8-18(15)25/h1-8H,9-14H2,(H,21,26). The van der Waals surface area contributed by atoms with Gasteiger partial charge in [0, 0.05) is 19.5 Å². The summed E-state index contributed by atoms with van der Waals surface area (Å²) in [4.78, 5) is 24.5. The van der Waals surface area contributed by atoms with E-state index in [-0.39, 0.29) is 36.7 Å². The summed E-state index contributed by atoms with van der Waals surface area (Å²) in [5.74, 6) is -0.545. The number of aromatic nitrogens is 3. The minimum atomic E-state index is -3.53. The van der Waals surface area contributed by atoms with Crippen LogP contribution in [0.25, 0.3) is 10.9 Å². The van der Waals surface area contributed by atoms with Crippen LogP contribution >= 0.6 is 0 Å². The molecule has 0 atom stereocenters. The molecule has 2 aromatic carbocycles. The Balaban J connectivity index is 1.30. The fourth-order valence-corrected chi connectivity index (χ4v) is 4.92. The second-order valence-electron chi connectivity index (χ2n) is 7.00. The van der Waals surface area contributed by atoms with Gasteiger partial charge in [-0.05, 0) is 30.2 Å². The van der Waals surface area contributed by atoms with E-state index >= 15 is 0 Å². The normalized spacial score (nSPS) is 13.4. The molecule has 3 aromatic rings. The first-order valence-electron chi connectivity index (χ1n) is 9.63. The third-order valence-corrected chi connectivity index (χ3v) is 6.81. The molecule has 0 spiro atoms. The predicted molar refractivity (Wildman–Crippen MR) is 113 cm³/mol. The number of para-hydroxylation sites is 1. The second-order valence-corrected chi connectivity index (χ2v) is 9.01. The number of anilines is 1. The Labute approximate surface area is 173 Å². The molecule has 1 aliphatic rings. The lowest BCUT2D eigenvalue weighted by atomic mass is 10.2. The molecule has 0 radical (unpaired) electrons. The van der Waals surface area contributed by atoms with Crippen LogP contribution in [0.3, 0.4) is 0 Å². The third-order valence-electron chi connectivity index (χ3n) is 5.04. The average Bonchev–Trinajstić information content (AvgIpc) is 3.18. The van der Waals surface area contributed by atoms with Gasteiger partial charge in [0.25, 0.3) is 5.56 Å². The number of aryl methyl sites for hydroxylation is 1. The van der Waals surface area contributed by atoms with E-state index < -0.39 is 10.0 Å². The number of amides is 1. The Kier molecular flexibility index (Phi) is 5.49. The molecule has 1 aliphatic heterocycles. The van der Waals surface area contributed by atoms with E-state index in [4.69, 9.17) is 0 Å². The Morgan fingerprint density at radius 2 is 1.87 bits per heavy atom. The van der Waals surface area contributed by atoms with E-state index in [0.29, 0.717) is 29.6 Å². The van der Waals surface area contributed by atoms with E-state index in [0.717, 1.165) is 10.2 Å². The van der Waals surface area contributed by atoms with E-state index in [2.05, 4.69) is 15.6 Å². The van der Waals surface area contributed by atoms with Crippen molar-refractivity contribution in [1.29, 1.82) is 0 Å². The van der Waals surface area contributed by atoms with Gasteiger partial charge in [-0.3, -0.25) is 13.9 Å². The Morgan fingerprint density at radius 3 is 2.73 bits per heavy atom. The number of sulfonamides is 1. The smallest absolute Gasteiger partial charge is 0.277 e. The van der Waals surface area contributed by atoms with E-state index in [1.165, 1.54) is 4.31 Å². The molecule has 1 amide bonds. The van der Waals surface area contributed by atoms with Crippen LogP contribution in [-0.2, 0) is 27.8 Å². The number of nitrogens with zero attached hydrogens (tertiary/aromatic N) is 4. The zero-order valence-electron chi connectivity index (χ0n) is 16.2. The highest BCUT2D eigenvalue weighted by molar-refractivity contribution is 7.92. The molecule has 156 valence electrons. The zero-order chi connectivity index (χ0) is 21.1. The summed E-state index contributed by atoms with van der Waals surface area (Å²) in [6, 6.07) is 14.3. The molecule has 10 heteroatoms. The number of carbonyl (C=O) groups excluding carboxylic acids is 1. The van der Waals surface area contributed by atoms with Crippen LogP contribution in [0.4, 0.5) is 5.69 Å². The van der Waals surface area contributed by atoms with E-state index in [9.17, 15) is 18.0 Å². The van der Waals surface area contributed by atoms with Crippen LogP contribution < -0.4 is 15.2 Å². The number of hydrogen-bond acceptors (Lipinski definition) is 6. The molecule has 0 aliphatic carbocycles. The molecule has 0 unspecified atom stereocenters. The van der Waals surface area contributed by atoms with Gasteiger partial charge in [0.2, 0.25) is 15.9 Å². The molecule has 0 saturated carbocycles.